The first-order chi connectivity index (χ1) is 11.0. The first-order valence-corrected chi connectivity index (χ1v) is 8.54. The van der Waals surface area contributed by atoms with E-state index in [1.54, 1.807) is 17.8 Å². The molecule has 0 saturated heterocycles. The quantitative estimate of drug-likeness (QED) is 0.885. The number of aryl methyl sites for hydroxylation is 1. The van der Waals surface area contributed by atoms with Gasteiger partial charge in [0.15, 0.2) is 0 Å². The molecule has 1 N–H and O–H groups in total. The lowest BCUT2D eigenvalue weighted by Gasteiger charge is -2.14. The molecule has 0 fully saturated rings. The van der Waals surface area contributed by atoms with Crippen molar-refractivity contribution in [3.63, 3.8) is 0 Å². The second-order valence-electron chi connectivity index (χ2n) is 5.50. The standard InChI is InChI=1S/C19H20N2OS/c1-13-6-4-9-18(14(13)2)21-19(22)15(3)23-12-17-8-5-7-16(10-17)11-20/h4-10,15H,12H2,1-3H3,(H,21,22). The van der Waals surface area contributed by atoms with E-state index in [2.05, 4.69) is 11.4 Å². The van der Waals surface area contributed by atoms with E-state index >= 15 is 0 Å². The molecular formula is C19H20N2OS. The first kappa shape index (κ1) is 17.1. The molecule has 0 heterocycles. The Morgan fingerprint density at radius 3 is 2.74 bits per heavy atom. The number of rotatable bonds is 5. The van der Waals surface area contributed by atoms with Gasteiger partial charge in [0.05, 0.1) is 16.9 Å². The van der Waals surface area contributed by atoms with E-state index in [0.717, 1.165) is 22.4 Å². The molecule has 1 atom stereocenters. The number of thioether (sulfide) groups is 1. The molecule has 2 rings (SSSR count). The lowest BCUT2D eigenvalue weighted by atomic mass is 10.1. The minimum absolute atomic E-state index is 0.000128. The smallest absolute Gasteiger partial charge is 0.237 e. The van der Waals surface area contributed by atoms with Crippen LogP contribution in [-0.2, 0) is 10.5 Å². The van der Waals surface area contributed by atoms with Crippen LogP contribution in [0.25, 0.3) is 0 Å². The van der Waals surface area contributed by atoms with Crippen LogP contribution in [0.15, 0.2) is 42.5 Å². The molecule has 23 heavy (non-hydrogen) atoms. The molecule has 0 spiro atoms. The van der Waals surface area contributed by atoms with Crippen molar-refractivity contribution in [3.8, 4) is 6.07 Å². The van der Waals surface area contributed by atoms with Crippen molar-refractivity contribution < 1.29 is 4.79 Å². The molecule has 118 valence electrons. The van der Waals surface area contributed by atoms with Crippen molar-refractivity contribution in [2.24, 2.45) is 0 Å². The number of nitrogens with one attached hydrogen (secondary N) is 1. The SMILES string of the molecule is Cc1cccc(NC(=O)C(C)SCc2cccc(C#N)c2)c1C. The van der Waals surface area contributed by atoms with Crippen LogP contribution in [-0.4, -0.2) is 11.2 Å². The summed E-state index contributed by atoms with van der Waals surface area (Å²) in [7, 11) is 0. The Morgan fingerprint density at radius 2 is 2.00 bits per heavy atom. The lowest BCUT2D eigenvalue weighted by molar-refractivity contribution is -0.115. The highest BCUT2D eigenvalue weighted by atomic mass is 32.2. The summed E-state index contributed by atoms with van der Waals surface area (Å²) in [4.78, 5) is 12.3. The third kappa shape index (κ3) is 4.61. The number of amides is 1. The second-order valence-corrected chi connectivity index (χ2v) is 6.83. The average Bonchev–Trinajstić information content (AvgIpc) is 2.57. The van der Waals surface area contributed by atoms with Gasteiger partial charge in [-0.15, -0.1) is 11.8 Å². The molecule has 1 amide bonds. The van der Waals surface area contributed by atoms with Crippen molar-refractivity contribution in [1.29, 1.82) is 5.26 Å². The Labute approximate surface area is 141 Å². The van der Waals surface area contributed by atoms with E-state index in [-0.39, 0.29) is 11.2 Å². The van der Waals surface area contributed by atoms with Crippen molar-refractivity contribution in [2.45, 2.75) is 31.8 Å². The molecular weight excluding hydrogens is 304 g/mol. The van der Waals surface area contributed by atoms with Crippen molar-refractivity contribution >= 4 is 23.4 Å². The maximum Gasteiger partial charge on any atom is 0.237 e. The predicted molar refractivity (Wildman–Crippen MR) is 96.5 cm³/mol. The van der Waals surface area contributed by atoms with Crippen LogP contribution in [0.5, 0.6) is 0 Å². The maximum absolute atomic E-state index is 12.3. The van der Waals surface area contributed by atoms with E-state index < -0.39 is 0 Å². The normalized spacial score (nSPS) is 11.6. The first-order valence-electron chi connectivity index (χ1n) is 7.49. The summed E-state index contributed by atoms with van der Waals surface area (Å²) in [5, 5.41) is 11.8. The van der Waals surface area contributed by atoms with Crippen LogP contribution in [0.4, 0.5) is 5.69 Å². The number of carbonyl (C=O) groups is 1. The maximum atomic E-state index is 12.3. The largest absolute Gasteiger partial charge is 0.325 e. The molecule has 0 aliphatic heterocycles. The molecule has 2 aromatic rings. The van der Waals surface area contributed by atoms with Gasteiger partial charge in [-0.3, -0.25) is 4.79 Å². The number of anilines is 1. The number of nitrogens with zero attached hydrogens (tertiary/aromatic N) is 1. The Kier molecular flexibility index (Phi) is 5.84. The molecule has 3 nitrogen and oxygen atoms in total. The Balaban J connectivity index is 1.95. The van der Waals surface area contributed by atoms with E-state index in [9.17, 15) is 4.79 Å². The van der Waals surface area contributed by atoms with Gasteiger partial charge in [0, 0.05) is 11.4 Å². The van der Waals surface area contributed by atoms with Crippen molar-refractivity contribution in [3.05, 3.63) is 64.7 Å². The zero-order chi connectivity index (χ0) is 16.8. The minimum atomic E-state index is -0.166. The van der Waals surface area contributed by atoms with Crippen molar-refractivity contribution in [1.82, 2.24) is 0 Å². The second kappa shape index (κ2) is 7.85. The summed E-state index contributed by atoms with van der Waals surface area (Å²) in [6, 6.07) is 15.5. The monoisotopic (exact) mass is 324 g/mol. The fourth-order valence-electron chi connectivity index (χ4n) is 2.15. The van der Waals surface area contributed by atoms with Gasteiger partial charge in [-0.2, -0.15) is 5.26 Å². The summed E-state index contributed by atoms with van der Waals surface area (Å²) in [5.74, 6) is 0.705. The van der Waals surface area contributed by atoms with E-state index in [0.29, 0.717) is 11.3 Å². The Morgan fingerprint density at radius 1 is 1.26 bits per heavy atom. The van der Waals surface area contributed by atoms with Crippen LogP contribution in [0.1, 0.15) is 29.2 Å². The Hall–Kier alpha value is -2.25. The van der Waals surface area contributed by atoms with Gasteiger partial charge >= 0.3 is 0 Å². The van der Waals surface area contributed by atoms with Gasteiger partial charge < -0.3 is 5.32 Å². The van der Waals surface area contributed by atoms with Crippen LogP contribution in [0.3, 0.4) is 0 Å². The highest BCUT2D eigenvalue weighted by Gasteiger charge is 2.15. The third-order valence-electron chi connectivity index (χ3n) is 3.79. The molecule has 0 bridgehead atoms. The molecule has 0 radical (unpaired) electrons. The van der Waals surface area contributed by atoms with Crippen molar-refractivity contribution in [2.75, 3.05) is 5.32 Å². The van der Waals surface area contributed by atoms with E-state index in [4.69, 9.17) is 5.26 Å². The summed E-state index contributed by atoms with van der Waals surface area (Å²) >= 11 is 1.56. The molecule has 4 heteroatoms. The van der Waals surface area contributed by atoms with Crippen LogP contribution in [0.2, 0.25) is 0 Å². The highest BCUT2D eigenvalue weighted by molar-refractivity contribution is 7.99. The zero-order valence-electron chi connectivity index (χ0n) is 13.6. The number of nitriles is 1. The summed E-state index contributed by atoms with van der Waals surface area (Å²) in [6.45, 7) is 5.95. The number of carbonyl (C=O) groups excluding carboxylic acids is 1. The summed E-state index contributed by atoms with van der Waals surface area (Å²) < 4.78 is 0. The van der Waals surface area contributed by atoms with Gasteiger partial charge in [0.25, 0.3) is 0 Å². The van der Waals surface area contributed by atoms with Gasteiger partial charge in [-0.25, -0.2) is 0 Å². The highest BCUT2D eigenvalue weighted by Crippen LogP contribution is 2.22. The van der Waals surface area contributed by atoms with Crippen LogP contribution in [0, 0.1) is 25.2 Å². The van der Waals surface area contributed by atoms with E-state index in [1.807, 2.05) is 57.2 Å². The van der Waals surface area contributed by atoms with Gasteiger partial charge in [-0.1, -0.05) is 24.3 Å². The number of benzene rings is 2. The van der Waals surface area contributed by atoms with Gasteiger partial charge in [0.1, 0.15) is 0 Å². The summed E-state index contributed by atoms with van der Waals surface area (Å²) in [5.41, 5.74) is 4.83. The Bertz CT molecular complexity index is 749. The average molecular weight is 324 g/mol. The van der Waals surface area contributed by atoms with E-state index in [1.165, 1.54) is 0 Å². The predicted octanol–water partition coefficient (Wildman–Crippen LogP) is 4.44. The van der Waals surface area contributed by atoms with Crippen LogP contribution >= 0.6 is 11.8 Å². The molecule has 0 aliphatic carbocycles. The topological polar surface area (TPSA) is 52.9 Å². The van der Waals surface area contributed by atoms with Crippen LogP contribution < -0.4 is 5.32 Å². The molecule has 1 unspecified atom stereocenters. The van der Waals surface area contributed by atoms with Gasteiger partial charge in [-0.05, 0) is 55.7 Å². The molecule has 2 aromatic carbocycles. The lowest BCUT2D eigenvalue weighted by Crippen LogP contribution is -2.23. The minimum Gasteiger partial charge on any atom is -0.325 e. The fraction of sp³-hybridized carbons (Fsp3) is 0.263. The third-order valence-corrected chi connectivity index (χ3v) is 5.00. The molecule has 0 aromatic heterocycles. The number of hydrogen-bond acceptors (Lipinski definition) is 3. The number of hydrogen-bond donors (Lipinski definition) is 1. The molecule has 0 saturated carbocycles. The van der Waals surface area contributed by atoms with Gasteiger partial charge in [0.2, 0.25) is 5.91 Å². The fourth-order valence-corrected chi connectivity index (χ4v) is 2.98. The molecule has 0 aliphatic rings. The zero-order valence-corrected chi connectivity index (χ0v) is 14.4. The summed E-state index contributed by atoms with van der Waals surface area (Å²) in [6.07, 6.45) is 0.